The highest BCUT2D eigenvalue weighted by Gasteiger charge is 2.18. The number of hydrogen-bond acceptors (Lipinski definition) is 5. The number of benzene rings is 1. The smallest absolute Gasteiger partial charge is 0.325 e. The molecular formula is C18H21NO5. The highest BCUT2D eigenvalue weighted by molar-refractivity contribution is 5.93. The Balaban J connectivity index is 1.97. The summed E-state index contributed by atoms with van der Waals surface area (Å²) in [6.07, 6.45) is 0. The van der Waals surface area contributed by atoms with Gasteiger partial charge in [-0.1, -0.05) is 17.7 Å². The first-order valence-corrected chi connectivity index (χ1v) is 7.51. The molecule has 0 saturated carbocycles. The summed E-state index contributed by atoms with van der Waals surface area (Å²) in [4.78, 5) is 24.6. The van der Waals surface area contributed by atoms with Crippen molar-refractivity contribution in [2.24, 2.45) is 0 Å². The summed E-state index contributed by atoms with van der Waals surface area (Å²) in [6, 6.07) is 9.17. The van der Waals surface area contributed by atoms with Crippen LogP contribution in [0.1, 0.15) is 27.4 Å². The standard InChI is InChI=1S/C18H21NO5/c1-12-5-7-15(13(2)9-12)23-11-14-6-8-16(24-14)18(21)19(3)10-17(20)22-4/h5-9H,10-11H2,1-4H3. The van der Waals surface area contributed by atoms with Gasteiger partial charge >= 0.3 is 5.97 Å². The number of rotatable bonds is 6. The molecule has 0 radical (unpaired) electrons. The third-order valence-corrected chi connectivity index (χ3v) is 3.51. The topological polar surface area (TPSA) is 69.0 Å². The van der Waals surface area contributed by atoms with Crippen LogP contribution in [0.5, 0.6) is 5.75 Å². The third-order valence-electron chi connectivity index (χ3n) is 3.51. The van der Waals surface area contributed by atoms with Crippen LogP contribution in [0.3, 0.4) is 0 Å². The van der Waals surface area contributed by atoms with E-state index in [1.807, 2.05) is 32.0 Å². The first-order chi connectivity index (χ1) is 11.4. The number of aryl methyl sites for hydroxylation is 2. The van der Waals surface area contributed by atoms with Gasteiger partial charge in [0.05, 0.1) is 7.11 Å². The third kappa shape index (κ3) is 4.38. The highest BCUT2D eigenvalue weighted by Crippen LogP contribution is 2.20. The second-order valence-electron chi connectivity index (χ2n) is 5.56. The lowest BCUT2D eigenvalue weighted by molar-refractivity contribution is -0.141. The van der Waals surface area contributed by atoms with Crippen LogP contribution < -0.4 is 4.74 Å². The van der Waals surface area contributed by atoms with Gasteiger partial charge in [-0.15, -0.1) is 0 Å². The molecule has 0 saturated heterocycles. The summed E-state index contributed by atoms with van der Waals surface area (Å²) in [5, 5.41) is 0. The van der Waals surface area contributed by atoms with Gasteiger partial charge in [0.1, 0.15) is 24.7 Å². The zero-order valence-electron chi connectivity index (χ0n) is 14.3. The molecular weight excluding hydrogens is 310 g/mol. The molecule has 1 aromatic carbocycles. The average molecular weight is 331 g/mol. The van der Waals surface area contributed by atoms with Crippen LogP contribution in [0.25, 0.3) is 0 Å². The monoisotopic (exact) mass is 331 g/mol. The maximum Gasteiger partial charge on any atom is 0.325 e. The Bertz CT molecular complexity index is 735. The first kappa shape index (κ1) is 17.6. The van der Waals surface area contributed by atoms with E-state index < -0.39 is 11.9 Å². The van der Waals surface area contributed by atoms with Gasteiger partial charge in [-0.05, 0) is 37.6 Å². The molecule has 0 N–H and O–H groups in total. The molecule has 0 atom stereocenters. The van der Waals surface area contributed by atoms with Gasteiger partial charge in [0, 0.05) is 7.05 Å². The van der Waals surface area contributed by atoms with E-state index in [4.69, 9.17) is 9.15 Å². The van der Waals surface area contributed by atoms with E-state index in [2.05, 4.69) is 4.74 Å². The fourth-order valence-corrected chi connectivity index (χ4v) is 2.20. The van der Waals surface area contributed by atoms with Gasteiger partial charge in [-0.2, -0.15) is 0 Å². The molecule has 0 aliphatic carbocycles. The molecule has 1 heterocycles. The van der Waals surface area contributed by atoms with Crippen molar-refractivity contribution in [3.05, 3.63) is 53.0 Å². The molecule has 0 aliphatic heterocycles. The number of likely N-dealkylation sites (N-methyl/N-ethyl adjacent to an activating group) is 1. The van der Waals surface area contributed by atoms with E-state index in [0.717, 1.165) is 11.3 Å². The van der Waals surface area contributed by atoms with Crippen LogP contribution in [0.4, 0.5) is 0 Å². The number of furan rings is 1. The SMILES string of the molecule is COC(=O)CN(C)C(=O)c1ccc(COc2ccc(C)cc2C)o1. The maximum absolute atomic E-state index is 12.2. The molecule has 128 valence electrons. The molecule has 0 spiro atoms. The number of nitrogens with zero attached hydrogens (tertiary/aromatic N) is 1. The van der Waals surface area contributed by atoms with Crippen molar-refractivity contribution < 1.29 is 23.5 Å². The van der Waals surface area contributed by atoms with Crippen LogP contribution in [0.15, 0.2) is 34.7 Å². The highest BCUT2D eigenvalue weighted by atomic mass is 16.5. The summed E-state index contributed by atoms with van der Waals surface area (Å²) < 4.78 is 15.8. The molecule has 0 fully saturated rings. The molecule has 1 amide bonds. The van der Waals surface area contributed by atoms with Crippen molar-refractivity contribution in [1.29, 1.82) is 0 Å². The molecule has 6 heteroatoms. The van der Waals surface area contributed by atoms with Gasteiger partial charge in [0.15, 0.2) is 5.76 Å². The van der Waals surface area contributed by atoms with Crippen LogP contribution in [0.2, 0.25) is 0 Å². The number of carbonyl (C=O) groups excluding carboxylic acids is 2. The number of carbonyl (C=O) groups is 2. The minimum absolute atomic E-state index is 0.134. The van der Waals surface area contributed by atoms with E-state index in [0.29, 0.717) is 5.76 Å². The van der Waals surface area contributed by atoms with E-state index in [1.165, 1.54) is 24.6 Å². The van der Waals surface area contributed by atoms with Gasteiger partial charge in [0.2, 0.25) is 0 Å². The van der Waals surface area contributed by atoms with Crippen LogP contribution in [0, 0.1) is 13.8 Å². The molecule has 6 nitrogen and oxygen atoms in total. The minimum atomic E-state index is -0.490. The predicted molar refractivity (Wildman–Crippen MR) is 87.9 cm³/mol. The number of methoxy groups -OCH3 is 1. The van der Waals surface area contributed by atoms with Gasteiger partial charge in [0.25, 0.3) is 5.91 Å². The normalized spacial score (nSPS) is 10.3. The Morgan fingerprint density at radius 2 is 1.92 bits per heavy atom. The van der Waals surface area contributed by atoms with E-state index >= 15 is 0 Å². The summed E-state index contributed by atoms with van der Waals surface area (Å²) in [5.74, 6) is 0.576. The molecule has 1 aromatic heterocycles. The van der Waals surface area contributed by atoms with Crippen molar-refractivity contribution in [3.63, 3.8) is 0 Å². The van der Waals surface area contributed by atoms with Crippen LogP contribution in [-0.2, 0) is 16.1 Å². The maximum atomic E-state index is 12.2. The first-order valence-electron chi connectivity index (χ1n) is 7.51. The molecule has 2 aromatic rings. The van der Waals surface area contributed by atoms with Gasteiger partial charge in [-0.25, -0.2) is 0 Å². The Morgan fingerprint density at radius 1 is 1.17 bits per heavy atom. The zero-order chi connectivity index (χ0) is 17.7. The molecule has 24 heavy (non-hydrogen) atoms. The second-order valence-corrected chi connectivity index (χ2v) is 5.56. The lowest BCUT2D eigenvalue weighted by atomic mass is 10.1. The molecule has 0 aliphatic rings. The van der Waals surface area contributed by atoms with Crippen LogP contribution in [-0.4, -0.2) is 37.5 Å². The zero-order valence-corrected chi connectivity index (χ0v) is 14.3. The van der Waals surface area contributed by atoms with Crippen molar-refractivity contribution in [3.8, 4) is 5.75 Å². The Morgan fingerprint density at radius 3 is 2.58 bits per heavy atom. The minimum Gasteiger partial charge on any atom is -0.485 e. The largest absolute Gasteiger partial charge is 0.485 e. The van der Waals surface area contributed by atoms with Crippen molar-refractivity contribution in [1.82, 2.24) is 4.90 Å². The summed E-state index contributed by atoms with van der Waals surface area (Å²) in [7, 11) is 2.78. The quantitative estimate of drug-likeness (QED) is 0.761. The Hall–Kier alpha value is -2.76. The fraction of sp³-hybridized carbons (Fsp3) is 0.333. The van der Waals surface area contributed by atoms with Gasteiger partial charge < -0.3 is 18.8 Å². The lowest BCUT2D eigenvalue weighted by Crippen LogP contribution is -2.32. The summed E-state index contributed by atoms with van der Waals surface area (Å²) in [6.45, 7) is 4.08. The average Bonchev–Trinajstić information content (AvgIpc) is 3.02. The van der Waals surface area contributed by atoms with E-state index in [9.17, 15) is 9.59 Å². The molecule has 2 rings (SSSR count). The Kier molecular flexibility index (Phi) is 5.63. The summed E-state index contributed by atoms with van der Waals surface area (Å²) in [5.41, 5.74) is 2.20. The van der Waals surface area contributed by atoms with Gasteiger partial charge in [-0.3, -0.25) is 9.59 Å². The number of amides is 1. The molecule has 0 unspecified atom stereocenters. The number of esters is 1. The Labute approximate surface area is 141 Å². The summed E-state index contributed by atoms with van der Waals surface area (Å²) >= 11 is 0. The van der Waals surface area contributed by atoms with E-state index in [-0.39, 0.29) is 18.9 Å². The van der Waals surface area contributed by atoms with Crippen molar-refractivity contribution >= 4 is 11.9 Å². The van der Waals surface area contributed by atoms with Crippen molar-refractivity contribution in [2.75, 3.05) is 20.7 Å². The lowest BCUT2D eigenvalue weighted by Gasteiger charge is -2.13. The number of hydrogen-bond donors (Lipinski definition) is 0. The van der Waals surface area contributed by atoms with E-state index in [1.54, 1.807) is 12.1 Å². The van der Waals surface area contributed by atoms with Crippen molar-refractivity contribution in [2.45, 2.75) is 20.5 Å². The number of ether oxygens (including phenoxy) is 2. The fourth-order valence-electron chi connectivity index (χ4n) is 2.20. The predicted octanol–water partition coefficient (Wildman–Crippen LogP) is 2.72. The second kappa shape index (κ2) is 7.68. The van der Waals surface area contributed by atoms with Crippen LogP contribution >= 0.6 is 0 Å². The molecule has 0 bridgehead atoms.